The van der Waals surface area contributed by atoms with Crippen molar-refractivity contribution in [2.45, 2.75) is 90.8 Å². The van der Waals surface area contributed by atoms with Crippen LogP contribution in [0.3, 0.4) is 0 Å². The zero-order valence-electron chi connectivity index (χ0n) is 18.9. The summed E-state index contributed by atoms with van der Waals surface area (Å²) < 4.78 is 18.4. The van der Waals surface area contributed by atoms with Crippen LogP contribution in [0.5, 0.6) is 0 Å². The van der Waals surface area contributed by atoms with Gasteiger partial charge in [-0.3, -0.25) is 9.59 Å². The molecule has 166 valence electrons. The maximum Gasteiger partial charge on any atom is 0.303 e. The second kappa shape index (κ2) is 6.67. The minimum absolute atomic E-state index is 0.0993. The Morgan fingerprint density at radius 2 is 1.83 bits per heavy atom. The molecule has 0 aromatic rings. The van der Waals surface area contributed by atoms with Gasteiger partial charge in [-0.1, -0.05) is 25.2 Å². The van der Waals surface area contributed by atoms with Gasteiger partial charge in [0.25, 0.3) is 0 Å². The van der Waals surface area contributed by atoms with E-state index in [1.165, 1.54) is 19.4 Å². The fraction of sp³-hybridized carbons (Fsp3) is 0.750. The van der Waals surface area contributed by atoms with Crippen molar-refractivity contribution in [3.63, 3.8) is 0 Å². The molecule has 0 aromatic heterocycles. The van der Waals surface area contributed by atoms with E-state index in [-0.39, 0.29) is 29.8 Å². The average Bonchev–Trinajstić information content (AvgIpc) is 3.04. The van der Waals surface area contributed by atoms with Crippen LogP contribution in [0.1, 0.15) is 60.8 Å². The van der Waals surface area contributed by atoms with Crippen LogP contribution < -0.4 is 0 Å². The van der Waals surface area contributed by atoms with E-state index in [4.69, 9.17) is 14.2 Å². The van der Waals surface area contributed by atoms with E-state index in [9.17, 15) is 14.7 Å². The number of carbonyl (C=O) groups excluding carboxylic acids is 2. The monoisotopic (exact) mass is 418 g/mol. The maximum absolute atomic E-state index is 12.3. The van der Waals surface area contributed by atoms with Gasteiger partial charge in [0.2, 0.25) is 0 Å². The number of carbonyl (C=O) groups is 2. The highest BCUT2D eigenvalue weighted by molar-refractivity contribution is 5.67. The van der Waals surface area contributed by atoms with E-state index in [2.05, 4.69) is 33.4 Å². The molecule has 2 saturated carbocycles. The van der Waals surface area contributed by atoms with Crippen LogP contribution in [0.2, 0.25) is 0 Å². The Labute approximate surface area is 178 Å². The van der Waals surface area contributed by atoms with Gasteiger partial charge in [-0.2, -0.15) is 0 Å². The third kappa shape index (κ3) is 2.69. The summed E-state index contributed by atoms with van der Waals surface area (Å²) in [6, 6.07) is 0. The number of esters is 2. The van der Waals surface area contributed by atoms with Crippen LogP contribution in [0, 0.1) is 22.7 Å². The molecule has 2 bridgehead atoms. The number of aliphatic hydroxyl groups excluding tert-OH is 1. The van der Waals surface area contributed by atoms with E-state index in [0.29, 0.717) is 0 Å². The molecule has 4 aliphatic rings. The van der Waals surface area contributed by atoms with Crippen molar-refractivity contribution in [3.05, 3.63) is 23.8 Å². The molecule has 0 aromatic carbocycles. The second-order valence-corrected chi connectivity index (χ2v) is 10.5. The van der Waals surface area contributed by atoms with Crippen molar-refractivity contribution in [2.24, 2.45) is 22.7 Å². The molecule has 1 saturated heterocycles. The first-order valence-corrected chi connectivity index (χ1v) is 10.9. The van der Waals surface area contributed by atoms with Gasteiger partial charge < -0.3 is 19.3 Å². The Bertz CT molecular complexity index is 828. The zero-order valence-corrected chi connectivity index (χ0v) is 18.9. The topological polar surface area (TPSA) is 82.1 Å². The van der Waals surface area contributed by atoms with Crippen LogP contribution in [-0.4, -0.2) is 47.1 Å². The molecule has 6 nitrogen and oxygen atoms in total. The van der Waals surface area contributed by atoms with Crippen LogP contribution in [0.25, 0.3) is 0 Å². The Hall–Kier alpha value is -1.66. The highest BCUT2D eigenvalue weighted by Gasteiger charge is 2.73. The van der Waals surface area contributed by atoms with E-state index in [0.717, 1.165) is 18.4 Å². The Morgan fingerprint density at radius 3 is 2.43 bits per heavy atom. The molecule has 1 heterocycles. The van der Waals surface area contributed by atoms with Crippen molar-refractivity contribution in [2.75, 3.05) is 0 Å². The molecule has 4 rings (SSSR count). The summed E-state index contributed by atoms with van der Waals surface area (Å²) >= 11 is 0. The minimum Gasteiger partial charge on any atom is -0.462 e. The van der Waals surface area contributed by atoms with Crippen molar-refractivity contribution in [1.82, 2.24) is 0 Å². The van der Waals surface area contributed by atoms with E-state index < -0.39 is 41.3 Å². The third-order valence-corrected chi connectivity index (χ3v) is 8.67. The summed E-state index contributed by atoms with van der Waals surface area (Å²) in [5.41, 5.74) is 0.616. The summed E-state index contributed by atoms with van der Waals surface area (Å²) in [5, 5.41) is 10.8. The minimum atomic E-state index is -0.767. The van der Waals surface area contributed by atoms with E-state index >= 15 is 0 Å². The SMILES string of the molecule is C=C1[C@H]2C[C@]34CC=C(C)C3[C@@H](OC4(C)C)[C@H](OC(C)=O)[C@]2(C)[C@@H](OC(C)=O)C[C@@H]1O. The largest absolute Gasteiger partial charge is 0.462 e. The summed E-state index contributed by atoms with van der Waals surface area (Å²) in [5.74, 6) is -0.878. The predicted octanol–water partition coefficient (Wildman–Crippen LogP) is 3.33. The smallest absolute Gasteiger partial charge is 0.303 e. The van der Waals surface area contributed by atoms with Gasteiger partial charge in [0, 0.05) is 31.6 Å². The van der Waals surface area contributed by atoms with Crippen molar-refractivity contribution >= 4 is 11.9 Å². The third-order valence-electron chi connectivity index (χ3n) is 8.67. The lowest BCUT2D eigenvalue weighted by Crippen LogP contribution is -2.61. The van der Waals surface area contributed by atoms with Gasteiger partial charge in [-0.15, -0.1) is 0 Å². The summed E-state index contributed by atoms with van der Waals surface area (Å²) in [6.07, 6.45) is 1.79. The molecule has 1 N–H and O–H groups in total. The lowest BCUT2D eigenvalue weighted by Gasteiger charge is -2.55. The number of rotatable bonds is 2. The van der Waals surface area contributed by atoms with E-state index in [1.807, 2.05) is 6.92 Å². The van der Waals surface area contributed by atoms with Crippen LogP contribution in [0.4, 0.5) is 0 Å². The van der Waals surface area contributed by atoms with Gasteiger partial charge in [0.1, 0.15) is 18.3 Å². The van der Waals surface area contributed by atoms with Crippen molar-refractivity contribution < 1.29 is 28.9 Å². The normalized spacial score (nSPS) is 46.4. The first kappa shape index (κ1) is 21.6. The quantitative estimate of drug-likeness (QED) is 0.547. The Kier molecular flexibility index (Phi) is 4.79. The number of hydrogen-bond acceptors (Lipinski definition) is 6. The van der Waals surface area contributed by atoms with Crippen LogP contribution >= 0.6 is 0 Å². The fourth-order valence-corrected chi connectivity index (χ4v) is 7.11. The molecule has 1 aliphatic heterocycles. The van der Waals surface area contributed by atoms with Gasteiger partial charge >= 0.3 is 11.9 Å². The summed E-state index contributed by atoms with van der Waals surface area (Å²) in [6.45, 7) is 15.4. The molecule has 3 fully saturated rings. The maximum atomic E-state index is 12.3. The van der Waals surface area contributed by atoms with Crippen molar-refractivity contribution in [3.8, 4) is 0 Å². The number of ether oxygens (including phenoxy) is 3. The molecule has 0 spiro atoms. The number of fused-ring (bicyclic) bond motifs is 1. The molecular formula is C24H34O6. The molecular weight excluding hydrogens is 384 g/mol. The van der Waals surface area contributed by atoms with E-state index in [1.54, 1.807) is 0 Å². The summed E-state index contributed by atoms with van der Waals surface area (Å²) in [7, 11) is 0. The van der Waals surface area contributed by atoms with Gasteiger partial charge in [0.15, 0.2) is 0 Å². The standard InChI is InChI=1S/C24H34O6/c1-12-8-9-24-11-16-13(2)17(27)10-18(28-14(3)25)23(16,7)21(29-15(4)26)20(19(12)24)30-22(24,5)6/h8,16-21,27H,2,9-11H2,1,3-7H3/t16-,17+,18+,19?,20-,21+,23+,24-/m1/s1. The molecule has 0 amide bonds. The van der Waals surface area contributed by atoms with Crippen LogP contribution in [0.15, 0.2) is 23.8 Å². The molecule has 3 aliphatic carbocycles. The molecule has 30 heavy (non-hydrogen) atoms. The zero-order chi connectivity index (χ0) is 22.2. The predicted molar refractivity (Wildman–Crippen MR) is 110 cm³/mol. The van der Waals surface area contributed by atoms with Gasteiger partial charge in [-0.25, -0.2) is 0 Å². The molecule has 6 heteroatoms. The van der Waals surface area contributed by atoms with Crippen molar-refractivity contribution in [1.29, 1.82) is 0 Å². The molecule has 1 unspecified atom stereocenters. The highest BCUT2D eigenvalue weighted by Crippen LogP contribution is 2.69. The average molecular weight is 419 g/mol. The number of hydrogen-bond donors (Lipinski definition) is 1. The first-order chi connectivity index (χ1) is 13.8. The van der Waals surface area contributed by atoms with Gasteiger partial charge in [-0.05, 0) is 45.1 Å². The lowest BCUT2D eigenvalue weighted by atomic mass is 9.55. The number of allylic oxidation sites excluding steroid dienone is 1. The highest BCUT2D eigenvalue weighted by atomic mass is 16.6. The first-order valence-electron chi connectivity index (χ1n) is 10.9. The fourth-order valence-electron chi connectivity index (χ4n) is 7.11. The Balaban J connectivity index is 1.93. The molecule has 0 radical (unpaired) electrons. The molecule has 8 atom stereocenters. The summed E-state index contributed by atoms with van der Waals surface area (Å²) in [4.78, 5) is 24.2. The lowest BCUT2D eigenvalue weighted by molar-refractivity contribution is -0.219. The van der Waals surface area contributed by atoms with Crippen LogP contribution in [-0.2, 0) is 23.8 Å². The van der Waals surface area contributed by atoms with Gasteiger partial charge in [0.05, 0.1) is 17.1 Å². The second-order valence-electron chi connectivity index (χ2n) is 10.5. The Morgan fingerprint density at radius 1 is 1.20 bits per heavy atom. The number of aliphatic hydroxyl groups is 1.